The second kappa shape index (κ2) is 6.71. The van der Waals surface area contributed by atoms with Crippen LogP contribution in [0.15, 0.2) is 36.7 Å². The van der Waals surface area contributed by atoms with Gasteiger partial charge in [0.2, 0.25) is 0 Å². The molecule has 4 rings (SSSR count). The second-order valence-corrected chi connectivity index (χ2v) is 7.00. The van der Waals surface area contributed by atoms with E-state index in [9.17, 15) is 23.4 Å². The summed E-state index contributed by atoms with van der Waals surface area (Å²) in [6.07, 6.45) is -3.09. The van der Waals surface area contributed by atoms with E-state index in [2.05, 4.69) is 20.4 Å². The van der Waals surface area contributed by atoms with Gasteiger partial charge in [0.05, 0.1) is 17.8 Å². The Kier molecular flexibility index (Phi) is 4.47. The highest BCUT2D eigenvalue weighted by Gasteiger charge is 2.39. The highest BCUT2D eigenvalue weighted by Crippen LogP contribution is 2.31. The fourth-order valence-corrected chi connectivity index (χ4v) is 3.48. The van der Waals surface area contributed by atoms with E-state index in [0.29, 0.717) is 23.6 Å². The summed E-state index contributed by atoms with van der Waals surface area (Å²) >= 11 is 0. The maximum atomic E-state index is 12.9. The lowest BCUT2D eigenvalue weighted by molar-refractivity contribution is -0.141. The number of anilines is 1. The van der Waals surface area contributed by atoms with Crippen LogP contribution in [0.3, 0.4) is 0 Å². The molecule has 7 nitrogen and oxygen atoms in total. The molecule has 3 N–H and O–H groups in total. The van der Waals surface area contributed by atoms with Crippen molar-refractivity contribution in [1.29, 1.82) is 0 Å². The monoisotopic (exact) mass is 393 g/mol. The molecule has 28 heavy (non-hydrogen) atoms. The molecule has 1 aliphatic carbocycles. The van der Waals surface area contributed by atoms with Gasteiger partial charge in [0.15, 0.2) is 5.65 Å². The molecular formula is C18H18F3N5O2. The lowest BCUT2D eigenvalue weighted by Gasteiger charge is -2.19. The average Bonchev–Trinajstić information content (AvgIpc) is 3.19. The molecule has 1 aliphatic rings. The van der Waals surface area contributed by atoms with Gasteiger partial charge in [-0.05, 0) is 30.5 Å². The van der Waals surface area contributed by atoms with Gasteiger partial charge >= 0.3 is 6.18 Å². The van der Waals surface area contributed by atoms with Crippen molar-refractivity contribution < 1.29 is 23.4 Å². The highest BCUT2D eigenvalue weighted by molar-refractivity contribution is 5.65. The Labute approximate surface area is 157 Å². The molecule has 0 radical (unpaired) electrons. The lowest BCUT2D eigenvalue weighted by atomic mass is 10.1. The normalized spacial score (nSPS) is 25.4. The predicted molar refractivity (Wildman–Crippen MR) is 94.4 cm³/mol. The first-order valence-corrected chi connectivity index (χ1v) is 8.75. The highest BCUT2D eigenvalue weighted by atomic mass is 19.4. The third-order valence-corrected chi connectivity index (χ3v) is 5.01. The third-order valence-electron chi connectivity index (χ3n) is 5.01. The van der Waals surface area contributed by atoms with Crippen LogP contribution < -0.4 is 5.32 Å². The van der Waals surface area contributed by atoms with E-state index in [0.717, 1.165) is 12.3 Å². The van der Waals surface area contributed by atoms with Crippen LogP contribution in [0.1, 0.15) is 19.0 Å². The average molecular weight is 393 g/mol. The van der Waals surface area contributed by atoms with Crippen LogP contribution in [0.25, 0.3) is 16.9 Å². The molecule has 3 heterocycles. The fraction of sp³-hybridized carbons (Fsp3) is 0.389. The molecule has 1 saturated carbocycles. The van der Waals surface area contributed by atoms with Gasteiger partial charge in [0.1, 0.15) is 17.6 Å². The molecule has 4 atom stereocenters. The molecule has 1 fully saturated rings. The van der Waals surface area contributed by atoms with Gasteiger partial charge in [-0.25, -0.2) is 4.98 Å². The predicted octanol–water partition coefficient (Wildman–Crippen LogP) is 2.35. The first-order valence-electron chi connectivity index (χ1n) is 8.75. The molecule has 3 aromatic rings. The van der Waals surface area contributed by atoms with Gasteiger partial charge in [-0.15, -0.1) is 0 Å². The van der Waals surface area contributed by atoms with Crippen molar-refractivity contribution in [3.63, 3.8) is 0 Å². The van der Waals surface area contributed by atoms with E-state index >= 15 is 0 Å². The van der Waals surface area contributed by atoms with Gasteiger partial charge in [-0.3, -0.25) is 4.98 Å². The van der Waals surface area contributed by atoms with E-state index in [1.54, 1.807) is 12.1 Å². The summed E-state index contributed by atoms with van der Waals surface area (Å²) in [5, 5.41) is 27.6. The Morgan fingerprint density at radius 3 is 2.54 bits per heavy atom. The number of hydrogen-bond acceptors (Lipinski definition) is 6. The summed E-state index contributed by atoms with van der Waals surface area (Å²) in [5.41, 5.74) is 0.0237. The SMILES string of the molecule is C[C@@H]1C[C@@H](Nc2ccnc3cc(-c4ccnc(C(F)(F)F)c4)nn23)[C@H](O)[C@@H]1O. The van der Waals surface area contributed by atoms with E-state index < -0.39 is 24.1 Å². The van der Waals surface area contributed by atoms with E-state index in [-0.39, 0.29) is 17.5 Å². The molecular weight excluding hydrogens is 375 g/mol. The van der Waals surface area contributed by atoms with E-state index in [4.69, 9.17) is 0 Å². The van der Waals surface area contributed by atoms with Crippen LogP contribution in [0.5, 0.6) is 0 Å². The quantitative estimate of drug-likeness (QED) is 0.632. The van der Waals surface area contributed by atoms with Crippen molar-refractivity contribution in [2.45, 2.75) is 37.8 Å². The first-order chi connectivity index (χ1) is 13.2. The maximum Gasteiger partial charge on any atom is 0.433 e. The first kappa shape index (κ1) is 18.6. The van der Waals surface area contributed by atoms with Crippen LogP contribution in [-0.2, 0) is 6.18 Å². The standard InChI is InChI=1S/C18H18F3N5O2/c1-9-6-12(17(28)16(9)27)24-14-3-5-23-15-8-11(25-26(14)15)10-2-4-22-13(7-10)18(19,20)21/h2-5,7-9,12,16-17,24,27-28H,6H2,1H3/t9-,12-,16-,17+/m1/s1. The van der Waals surface area contributed by atoms with Crippen molar-refractivity contribution in [2.24, 2.45) is 5.92 Å². The molecule has 0 unspecified atom stereocenters. The van der Waals surface area contributed by atoms with Crippen molar-refractivity contribution in [3.8, 4) is 11.3 Å². The third kappa shape index (κ3) is 3.29. The number of fused-ring (bicyclic) bond motifs is 1. The molecule has 148 valence electrons. The number of nitrogens with one attached hydrogen (secondary N) is 1. The summed E-state index contributed by atoms with van der Waals surface area (Å²) in [5.74, 6) is 0.460. The number of aliphatic hydroxyl groups excluding tert-OH is 2. The van der Waals surface area contributed by atoms with Crippen LogP contribution >= 0.6 is 0 Å². The van der Waals surface area contributed by atoms with Crippen LogP contribution in [0, 0.1) is 5.92 Å². The Bertz CT molecular complexity index is 1010. The Morgan fingerprint density at radius 2 is 1.86 bits per heavy atom. The summed E-state index contributed by atoms with van der Waals surface area (Å²) in [6, 6.07) is 5.24. The number of alkyl halides is 3. The molecule has 0 saturated heterocycles. The van der Waals surface area contributed by atoms with E-state index in [1.165, 1.54) is 16.8 Å². The Hall–Kier alpha value is -2.72. The number of hydrogen-bond donors (Lipinski definition) is 3. The Balaban J connectivity index is 1.68. The Morgan fingerprint density at radius 1 is 1.11 bits per heavy atom. The van der Waals surface area contributed by atoms with Gasteiger partial charge < -0.3 is 15.5 Å². The van der Waals surface area contributed by atoms with Gasteiger partial charge in [0, 0.05) is 24.0 Å². The minimum absolute atomic E-state index is 0.0596. The van der Waals surface area contributed by atoms with Gasteiger partial charge in [-0.1, -0.05) is 6.92 Å². The largest absolute Gasteiger partial charge is 0.433 e. The number of nitrogens with zero attached hydrogens (tertiary/aromatic N) is 4. The number of pyridine rings is 1. The zero-order valence-electron chi connectivity index (χ0n) is 14.8. The zero-order chi connectivity index (χ0) is 20.1. The molecule has 0 amide bonds. The zero-order valence-corrected chi connectivity index (χ0v) is 14.8. The molecule has 0 bridgehead atoms. The smallest absolute Gasteiger partial charge is 0.390 e. The molecule has 10 heteroatoms. The molecule has 0 aromatic carbocycles. The number of halogens is 3. The second-order valence-electron chi connectivity index (χ2n) is 7.00. The fourth-order valence-electron chi connectivity index (χ4n) is 3.48. The van der Waals surface area contributed by atoms with Crippen molar-refractivity contribution in [3.05, 3.63) is 42.4 Å². The number of aliphatic hydroxyl groups is 2. The number of aromatic nitrogens is 4. The van der Waals surface area contributed by atoms with Crippen molar-refractivity contribution >= 4 is 11.5 Å². The van der Waals surface area contributed by atoms with E-state index in [1.807, 2.05) is 6.92 Å². The summed E-state index contributed by atoms with van der Waals surface area (Å²) in [4.78, 5) is 7.55. The molecule has 3 aromatic heterocycles. The van der Waals surface area contributed by atoms with Gasteiger partial charge in [-0.2, -0.15) is 22.8 Å². The maximum absolute atomic E-state index is 12.9. The van der Waals surface area contributed by atoms with Gasteiger partial charge in [0.25, 0.3) is 0 Å². The van der Waals surface area contributed by atoms with Crippen molar-refractivity contribution in [2.75, 3.05) is 5.32 Å². The summed E-state index contributed by atoms with van der Waals surface area (Å²) in [6.45, 7) is 1.85. The van der Waals surface area contributed by atoms with Crippen molar-refractivity contribution in [1.82, 2.24) is 19.6 Å². The topological polar surface area (TPSA) is 95.6 Å². The van der Waals surface area contributed by atoms with Crippen LogP contribution in [-0.4, -0.2) is 48.0 Å². The lowest BCUT2D eigenvalue weighted by Crippen LogP contribution is -2.35. The minimum atomic E-state index is -4.55. The molecule has 0 aliphatic heterocycles. The van der Waals surface area contributed by atoms with Crippen LogP contribution in [0.2, 0.25) is 0 Å². The summed E-state index contributed by atoms with van der Waals surface area (Å²) < 4.78 is 40.2. The minimum Gasteiger partial charge on any atom is -0.390 e. The number of rotatable bonds is 3. The van der Waals surface area contributed by atoms with Crippen LogP contribution in [0.4, 0.5) is 19.0 Å². The summed E-state index contributed by atoms with van der Waals surface area (Å²) in [7, 11) is 0. The molecule has 0 spiro atoms.